The second-order valence-electron chi connectivity index (χ2n) is 8.44. The summed E-state index contributed by atoms with van der Waals surface area (Å²) in [5.41, 5.74) is 0.508. The van der Waals surface area contributed by atoms with Crippen LogP contribution in [-0.4, -0.2) is 56.2 Å². The number of methoxy groups -OCH3 is 1. The van der Waals surface area contributed by atoms with E-state index in [1.54, 1.807) is 20.8 Å². The summed E-state index contributed by atoms with van der Waals surface area (Å²) in [6.07, 6.45) is 1.76. The van der Waals surface area contributed by atoms with E-state index in [-0.39, 0.29) is 30.9 Å². The van der Waals surface area contributed by atoms with Crippen LogP contribution >= 0.6 is 0 Å². The zero-order valence-corrected chi connectivity index (χ0v) is 19.4. The lowest BCUT2D eigenvalue weighted by atomic mass is 9.92. The minimum Gasteiger partial charge on any atom is -0.469 e. The molecule has 3 amide bonds. The Morgan fingerprint density at radius 3 is 2.16 bits per heavy atom. The predicted molar refractivity (Wildman–Crippen MR) is 120 cm³/mol. The van der Waals surface area contributed by atoms with E-state index in [1.807, 2.05) is 30.3 Å². The molecule has 0 radical (unpaired) electrons. The van der Waals surface area contributed by atoms with Crippen LogP contribution in [0.2, 0.25) is 0 Å². The van der Waals surface area contributed by atoms with Gasteiger partial charge >= 0.3 is 12.1 Å². The van der Waals surface area contributed by atoms with Gasteiger partial charge in [0.05, 0.1) is 13.7 Å². The van der Waals surface area contributed by atoms with Crippen LogP contribution < -0.4 is 16.0 Å². The standard InChI is InChI=1S/C23H35N3O6/c1-23(2,3)32-22(30)26-16-20(28)25-15-19(27)24-13-12-18(10-11-21(29)31-4)14-17-8-6-5-7-9-17/h5-9,18H,10-16H2,1-4H3,(H,24,27)(H,25,28)(H,26,30)/t18-/m1/s1. The summed E-state index contributed by atoms with van der Waals surface area (Å²) in [7, 11) is 1.37. The minimum atomic E-state index is -0.700. The van der Waals surface area contributed by atoms with E-state index in [2.05, 4.69) is 16.0 Å². The topological polar surface area (TPSA) is 123 Å². The molecule has 1 aromatic rings. The van der Waals surface area contributed by atoms with Gasteiger partial charge in [0.2, 0.25) is 11.8 Å². The lowest BCUT2D eigenvalue weighted by Crippen LogP contribution is -2.43. The third-order valence-electron chi connectivity index (χ3n) is 4.46. The fourth-order valence-electron chi connectivity index (χ4n) is 2.91. The van der Waals surface area contributed by atoms with Gasteiger partial charge in [-0.05, 0) is 51.5 Å². The summed E-state index contributed by atoms with van der Waals surface area (Å²) in [4.78, 5) is 46.8. The second-order valence-corrected chi connectivity index (χ2v) is 8.44. The molecule has 0 aliphatic carbocycles. The normalized spacial score (nSPS) is 11.8. The van der Waals surface area contributed by atoms with Crippen molar-refractivity contribution in [3.05, 3.63) is 35.9 Å². The fraction of sp³-hybridized carbons (Fsp3) is 0.565. The Labute approximate surface area is 189 Å². The highest BCUT2D eigenvalue weighted by molar-refractivity contribution is 5.87. The first-order valence-corrected chi connectivity index (χ1v) is 10.7. The van der Waals surface area contributed by atoms with Crippen LogP contribution in [0.15, 0.2) is 30.3 Å². The molecular weight excluding hydrogens is 414 g/mol. The summed E-state index contributed by atoms with van der Waals surface area (Å²) in [5.74, 6) is -0.882. The van der Waals surface area contributed by atoms with E-state index in [9.17, 15) is 19.2 Å². The molecule has 1 aromatic carbocycles. The van der Waals surface area contributed by atoms with Crippen molar-refractivity contribution in [3.8, 4) is 0 Å². The van der Waals surface area contributed by atoms with Crippen molar-refractivity contribution in [1.82, 2.24) is 16.0 Å². The molecule has 0 bridgehead atoms. The average Bonchev–Trinajstić information content (AvgIpc) is 2.73. The third-order valence-corrected chi connectivity index (χ3v) is 4.46. The maximum atomic E-state index is 12.0. The van der Waals surface area contributed by atoms with Crippen LogP contribution in [0.3, 0.4) is 0 Å². The number of esters is 1. The Balaban J connectivity index is 2.34. The number of hydrogen-bond acceptors (Lipinski definition) is 6. The van der Waals surface area contributed by atoms with Gasteiger partial charge in [-0.1, -0.05) is 30.3 Å². The van der Waals surface area contributed by atoms with Gasteiger partial charge in [0.15, 0.2) is 0 Å². The van der Waals surface area contributed by atoms with Gasteiger partial charge in [0, 0.05) is 13.0 Å². The quantitative estimate of drug-likeness (QED) is 0.419. The Morgan fingerprint density at radius 2 is 1.53 bits per heavy atom. The zero-order chi connectivity index (χ0) is 24.0. The van der Waals surface area contributed by atoms with Crippen molar-refractivity contribution in [3.63, 3.8) is 0 Å². The molecule has 3 N–H and O–H groups in total. The fourth-order valence-corrected chi connectivity index (χ4v) is 2.91. The van der Waals surface area contributed by atoms with Gasteiger partial charge in [-0.15, -0.1) is 0 Å². The molecule has 0 aromatic heterocycles. The Bertz CT molecular complexity index is 746. The van der Waals surface area contributed by atoms with Crippen molar-refractivity contribution >= 4 is 23.9 Å². The van der Waals surface area contributed by atoms with Gasteiger partial charge in [0.1, 0.15) is 12.1 Å². The molecule has 9 heteroatoms. The first-order chi connectivity index (χ1) is 15.1. The molecule has 0 unspecified atom stereocenters. The molecule has 0 saturated heterocycles. The van der Waals surface area contributed by atoms with Crippen molar-refractivity contribution in [1.29, 1.82) is 0 Å². The van der Waals surface area contributed by atoms with Gasteiger partial charge in [-0.25, -0.2) is 4.79 Å². The number of ether oxygens (including phenoxy) is 2. The monoisotopic (exact) mass is 449 g/mol. The number of benzene rings is 1. The van der Waals surface area contributed by atoms with E-state index in [0.717, 1.165) is 6.42 Å². The Kier molecular flexibility index (Phi) is 11.8. The first-order valence-electron chi connectivity index (χ1n) is 10.7. The zero-order valence-electron chi connectivity index (χ0n) is 19.4. The smallest absolute Gasteiger partial charge is 0.408 e. The van der Waals surface area contributed by atoms with Crippen molar-refractivity contribution in [2.75, 3.05) is 26.7 Å². The molecule has 1 rings (SSSR count). The van der Waals surface area contributed by atoms with Gasteiger partial charge in [-0.2, -0.15) is 0 Å². The maximum Gasteiger partial charge on any atom is 0.408 e. The molecule has 0 heterocycles. The summed E-state index contributed by atoms with van der Waals surface area (Å²) >= 11 is 0. The molecule has 0 fully saturated rings. The highest BCUT2D eigenvalue weighted by Crippen LogP contribution is 2.18. The molecule has 178 valence electrons. The lowest BCUT2D eigenvalue weighted by molar-refractivity contribution is -0.141. The van der Waals surface area contributed by atoms with Crippen molar-refractivity contribution in [2.45, 2.75) is 52.1 Å². The molecule has 9 nitrogen and oxygen atoms in total. The largest absolute Gasteiger partial charge is 0.469 e. The van der Waals surface area contributed by atoms with Crippen molar-refractivity contribution < 1.29 is 28.7 Å². The van der Waals surface area contributed by atoms with Crippen LogP contribution in [0.25, 0.3) is 0 Å². The van der Waals surface area contributed by atoms with E-state index >= 15 is 0 Å². The van der Waals surface area contributed by atoms with E-state index in [1.165, 1.54) is 12.7 Å². The number of alkyl carbamates (subject to hydrolysis) is 1. The number of amides is 3. The second kappa shape index (κ2) is 14.1. The van der Waals surface area contributed by atoms with Crippen LogP contribution in [0, 0.1) is 5.92 Å². The van der Waals surface area contributed by atoms with Gasteiger partial charge in [-0.3, -0.25) is 14.4 Å². The van der Waals surface area contributed by atoms with Crippen molar-refractivity contribution in [2.24, 2.45) is 5.92 Å². The Hall–Kier alpha value is -3.10. The molecule has 0 spiro atoms. The highest BCUT2D eigenvalue weighted by Gasteiger charge is 2.17. The summed E-state index contributed by atoms with van der Waals surface area (Å²) in [6.45, 7) is 5.10. The Morgan fingerprint density at radius 1 is 0.906 bits per heavy atom. The molecule has 1 atom stereocenters. The number of carbonyl (C=O) groups excluding carboxylic acids is 4. The predicted octanol–water partition coefficient (Wildman–Crippen LogP) is 1.95. The van der Waals surface area contributed by atoms with Gasteiger partial charge < -0.3 is 25.4 Å². The molecule has 32 heavy (non-hydrogen) atoms. The number of nitrogens with one attached hydrogen (secondary N) is 3. The van der Waals surface area contributed by atoms with Crippen LogP contribution in [0.5, 0.6) is 0 Å². The summed E-state index contributed by atoms with van der Waals surface area (Å²) < 4.78 is 9.76. The maximum absolute atomic E-state index is 12.0. The molecule has 0 aliphatic heterocycles. The number of hydrogen-bond donors (Lipinski definition) is 3. The SMILES string of the molecule is COC(=O)CC[C@H](CCNC(=O)CNC(=O)CNC(=O)OC(C)(C)C)Cc1ccccc1. The minimum absolute atomic E-state index is 0.194. The number of rotatable bonds is 12. The van der Waals surface area contributed by atoms with Crippen LogP contribution in [0.1, 0.15) is 45.6 Å². The molecular formula is C23H35N3O6. The third kappa shape index (κ3) is 13.3. The average molecular weight is 450 g/mol. The molecule has 0 aliphatic rings. The summed E-state index contributed by atoms with van der Waals surface area (Å²) in [5, 5.41) is 7.54. The highest BCUT2D eigenvalue weighted by atomic mass is 16.6. The number of carbonyl (C=O) groups is 4. The molecule has 0 saturated carbocycles. The van der Waals surface area contributed by atoms with E-state index in [4.69, 9.17) is 9.47 Å². The van der Waals surface area contributed by atoms with E-state index in [0.29, 0.717) is 25.8 Å². The first kappa shape index (κ1) is 26.9. The van der Waals surface area contributed by atoms with Crippen LogP contribution in [0.4, 0.5) is 4.79 Å². The summed E-state index contributed by atoms with van der Waals surface area (Å²) in [6, 6.07) is 9.95. The lowest BCUT2D eigenvalue weighted by Gasteiger charge is -2.19. The van der Waals surface area contributed by atoms with Gasteiger partial charge in [0.25, 0.3) is 0 Å². The van der Waals surface area contributed by atoms with Crippen LogP contribution in [-0.2, 0) is 30.3 Å². The van der Waals surface area contributed by atoms with E-state index < -0.39 is 17.6 Å².